The molecule has 1 aliphatic heterocycles. The lowest BCUT2D eigenvalue weighted by atomic mass is 10.1. The van der Waals surface area contributed by atoms with Gasteiger partial charge in [-0.05, 0) is 38.3 Å². The molecule has 0 aliphatic carbocycles. The third kappa shape index (κ3) is 5.92. The number of carbonyl (C=O) groups is 1. The highest BCUT2D eigenvalue weighted by Crippen LogP contribution is 2.17. The number of hydrogen-bond acceptors (Lipinski definition) is 4. The van der Waals surface area contributed by atoms with E-state index in [1.54, 1.807) is 19.0 Å². The Bertz CT molecular complexity index is 576. The van der Waals surface area contributed by atoms with Gasteiger partial charge in [0, 0.05) is 46.0 Å². The molecule has 2 rings (SSSR count). The van der Waals surface area contributed by atoms with Gasteiger partial charge in [-0.2, -0.15) is 0 Å². The highest BCUT2D eigenvalue weighted by atomic mass is 16.2. The van der Waals surface area contributed by atoms with Crippen molar-refractivity contribution in [1.29, 1.82) is 0 Å². The number of hydrogen-bond donors (Lipinski definition) is 2. The van der Waals surface area contributed by atoms with Crippen LogP contribution in [0.5, 0.6) is 0 Å². The van der Waals surface area contributed by atoms with Crippen LogP contribution in [0.15, 0.2) is 23.3 Å². The van der Waals surface area contributed by atoms with Crippen molar-refractivity contribution in [3.63, 3.8) is 0 Å². The summed E-state index contributed by atoms with van der Waals surface area (Å²) in [5, 5.41) is 6.67. The van der Waals surface area contributed by atoms with Crippen LogP contribution in [0.2, 0.25) is 0 Å². The topological polar surface area (TPSA) is 72.9 Å². The van der Waals surface area contributed by atoms with Gasteiger partial charge in [0.25, 0.3) is 0 Å². The Morgan fingerprint density at radius 1 is 1.36 bits per heavy atom. The van der Waals surface area contributed by atoms with Crippen molar-refractivity contribution in [2.24, 2.45) is 4.99 Å². The van der Waals surface area contributed by atoms with Crippen molar-refractivity contribution in [2.45, 2.75) is 32.7 Å². The van der Waals surface area contributed by atoms with Gasteiger partial charge in [-0.1, -0.05) is 6.07 Å². The average Bonchev–Trinajstić information content (AvgIpc) is 2.61. The van der Waals surface area contributed by atoms with E-state index in [0.29, 0.717) is 12.0 Å². The Labute approximate surface area is 150 Å². The fourth-order valence-electron chi connectivity index (χ4n) is 2.70. The smallest absolute Gasteiger partial charge is 0.243 e. The monoisotopic (exact) mass is 346 g/mol. The zero-order valence-electron chi connectivity index (χ0n) is 15.7. The number of piperidine rings is 1. The largest absolute Gasteiger partial charge is 0.357 e. The maximum atomic E-state index is 11.7. The molecule has 25 heavy (non-hydrogen) atoms. The Morgan fingerprint density at radius 3 is 2.64 bits per heavy atom. The number of aromatic nitrogens is 1. The molecular weight excluding hydrogens is 316 g/mol. The molecule has 1 aliphatic rings. The summed E-state index contributed by atoms with van der Waals surface area (Å²) in [5.41, 5.74) is 1.18. The number of amides is 1. The second kappa shape index (κ2) is 9.25. The Kier molecular flexibility index (Phi) is 7.03. The summed E-state index contributed by atoms with van der Waals surface area (Å²) in [6, 6.07) is 4.54. The third-order valence-corrected chi connectivity index (χ3v) is 4.27. The van der Waals surface area contributed by atoms with Crippen LogP contribution in [0, 0.1) is 6.92 Å². The van der Waals surface area contributed by atoms with Crippen molar-refractivity contribution < 1.29 is 4.79 Å². The highest BCUT2D eigenvalue weighted by Gasteiger charge is 2.21. The van der Waals surface area contributed by atoms with E-state index in [1.165, 1.54) is 5.56 Å². The zero-order chi connectivity index (χ0) is 18.2. The Morgan fingerprint density at radius 2 is 2.08 bits per heavy atom. The summed E-state index contributed by atoms with van der Waals surface area (Å²) < 4.78 is 0. The number of nitrogens with one attached hydrogen (secondary N) is 2. The van der Waals surface area contributed by atoms with E-state index in [9.17, 15) is 4.79 Å². The van der Waals surface area contributed by atoms with E-state index >= 15 is 0 Å². The van der Waals surface area contributed by atoms with Gasteiger partial charge in [0.1, 0.15) is 12.4 Å². The molecule has 0 bridgehead atoms. The molecular formula is C18H30N6O. The van der Waals surface area contributed by atoms with Crippen molar-refractivity contribution in [1.82, 2.24) is 20.5 Å². The van der Waals surface area contributed by atoms with Crippen molar-refractivity contribution in [3.05, 3.63) is 23.9 Å². The van der Waals surface area contributed by atoms with Gasteiger partial charge in [0.2, 0.25) is 5.91 Å². The molecule has 0 spiro atoms. The molecule has 1 fully saturated rings. The van der Waals surface area contributed by atoms with Crippen LogP contribution in [0.25, 0.3) is 0 Å². The molecule has 7 heteroatoms. The number of aliphatic imine (C=N–C) groups is 1. The van der Waals surface area contributed by atoms with Gasteiger partial charge in [-0.3, -0.25) is 4.79 Å². The Balaban J connectivity index is 1.86. The van der Waals surface area contributed by atoms with Crippen molar-refractivity contribution in [3.8, 4) is 0 Å². The molecule has 0 atom stereocenters. The lowest BCUT2D eigenvalue weighted by molar-refractivity contribution is -0.127. The van der Waals surface area contributed by atoms with E-state index in [0.717, 1.165) is 38.3 Å². The van der Waals surface area contributed by atoms with Crippen LogP contribution in [0.4, 0.5) is 5.82 Å². The fraction of sp³-hybridized carbons (Fsp3) is 0.611. The SMILES string of the molecule is CCNC(=NCC(=O)N(C)C)NC1CCN(c2ccc(C)cn2)CC1. The van der Waals surface area contributed by atoms with Crippen LogP contribution in [-0.2, 0) is 4.79 Å². The number of carbonyl (C=O) groups excluding carboxylic acids is 1. The molecule has 138 valence electrons. The number of likely N-dealkylation sites (N-methyl/N-ethyl adjacent to an activating group) is 1. The van der Waals surface area contributed by atoms with E-state index in [1.807, 2.05) is 13.1 Å². The Hall–Kier alpha value is -2.31. The molecule has 7 nitrogen and oxygen atoms in total. The van der Waals surface area contributed by atoms with E-state index in [2.05, 4.69) is 44.6 Å². The standard InChI is InChI=1S/C18H30N6O/c1-5-19-18(21-13-17(25)23(3)4)22-15-8-10-24(11-9-15)16-7-6-14(2)12-20-16/h6-7,12,15H,5,8-11,13H2,1-4H3,(H2,19,21,22). The molecule has 2 heterocycles. The summed E-state index contributed by atoms with van der Waals surface area (Å²) in [6.45, 7) is 6.93. The number of rotatable bonds is 5. The maximum absolute atomic E-state index is 11.7. The summed E-state index contributed by atoms with van der Waals surface area (Å²) in [5.74, 6) is 1.75. The number of anilines is 1. The molecule has 1 aromatic heterocycles. The lowest BCUT2D eigenvalue weighted by Crippen LogP contribution is -2.49. The number of guanidine groups is 1. The maximum Gasteiger partial charge on any atom is 0.243 e. The van der Waals surface area contributed by atoms with E-state index in [-0.39, 0.29) is 12.5 Å². The molecule has 1 saturated heterocycles. The van der Waals surface area contributed by atoms with Gasteiger partial charge in [-0.15, -0.1) is 0 Å². The molecule has 1 aromatic rings. The molecule has 0 radical (unpaired) electrons. The van der Waals surface area contributed by atoms with E-state index in [4.69, 9.17) is 0 Å². The predicted molar refractivity (Wildman–Crippen MR) is 102 cm³/mol. The fourth-order valence-corrected chi connectivity index (χ4v) is 2.70. The first-order valence-corrected chi connectivity index (χ1v) is 8.92. The molecule has 1 amide bonds. The average molecular weight is 346 g/mol. The minimum absolute atomic E-state index is 0.00234. The first kappa shape index (κ1) is 19.0. The van der Waals surface area contributed by atoms with Crippen molar-refractivity contribution >= 4 is 17.7 Å². The van der Waals surface area contributed by atoms with Gasteiger partial charge in [0.15, 0.2) is 5.96 Å². The number of pyridine rings is 1. The van der Waals surface area contributed by atoms with Gasteiger partial charge < -0.3 is 20.4 Å². The number of nitrogens with zero attached hydrogens (tertiary/aromatic N) is 4. The lowest BCUT2D eigenvalue weighted by Gasteiger charge is -2.33. The van der Waals surface area contributed by atoms with Gasteiger partial charge in [0.05, 0.1) is 0 Å². The number of aryl methyl sites for hydroxylation is 1. The molecule has 0 saturated carbocycles. The first-order valence-electron chi connectivity index (χ1n) is 8.92. The molecule has 2 N–H and O–H groups in total. The second-order valence-electron chi connectivity index (χ2n) is 6.58. The quantitative estimate of drug-likeness (QED) is 0.615. The third-order valence-electron chi connectivity index (χ3n) is 4.27. The summed E-state index contributed by atoms with van der Waals surface area (Å²) in [7, 11) is 3.49. The zero-order valence-corrected chi connectivity index (χ0v) is 15.7. The summed E-state index contributed by atoms with van der Waals surface area (Å²) in [4.78, 5) is 24.5. The van der Waals surface area contributed by atoms with Crippen molar-refractivity contribution in [2.75, 3.05) is 45.2 Å². The van der Waals surface area contributed by atoms with Crippen LogP contribution in [-0.4, -0.2) is 68.1 Å². The van der Waals surface area contributed by atoms with Crippen LogP contribution < -0.4 is 15.5 Å². The van der Waals surface area contributed by atoms with Gasteiger partial charge >= 0.3 is 0 Å². The molecule has 0 aromatic carbocycles. The van der Waals surface area contributed by atoms with Gasteiger partial charge in [-0.25, -0.2) is 9.98 Å². The minimum atomic E-state index is -0.00234. The normalized spacial score (nSPS) is 15.8. The van der Waals surface area contributed by atoms with E-state index < -0.39 is 0 Å². The van der Waals surface area contributed by atoms with Crippen LogP contribution in [0.1, 0.15) is 25.3 Å². The predicted octanol–water partition coefficient (Wildman–Crippen LogP) is 1.00. The van der Waals surface area contributed by atoms with Crippen LogP contribution in [0.3, 0.4) is 0 Å². The minimum Gasteiger partial charge on any atom is -0.357 e. The summed E-state index contributed by atoms with van der Waals surface area (Å²) in [6.07, 6.45) is 3.94. The highest BCUT2D eigenvalue weighted by molar-refractivity contribution is 5.84. The summed E-state index contributed by atoms with van der Waals surface area (Å²) >= 11 is 0. The first-order chi connectivity index (χ1) is 12.0. The molecule has 0 unspecified atom stereocenters. The van der Waals surface area contributed by atoms with Crippen LogP contribution >= 0.6 is 0 Å². The second-order valence-corrected chi connectivity index (χ2v) is 6.58.